The van der Waals surface area contributed by atoms with Gasteiger partial charge in [-0.2, -0.15) is 0 Å². The van der Waals surface area contributed by atoms with Crippen molar-refractivity contribution in [2.45, 2.75) is 6.92 Å². The number of fused-ring (bicyclic) bond motifs is 1. The molecule has 4 aromatic heterocycles. The van der Waals surface area contributed by atoms with Crippen molar-refractivity contribution in [3.05, 3.63) is 84.4 Å². The minimum atomic E-state index is -0.409. The molecule has 0 saturated heterocycles. The molecule has 0 bridgehead atoms. The number of rotatable bonds is 3. The summed E-state index contributed by atoms with van der Waals surface area (Å²) in [4.78, 5) is 13.7. The topological polar surface area (TPSA) is 93.7 Å². The van der Waals surface area contributed by atoms with Gasteiger partial charge in [0.25, 0.3) is 0 Å². The van der Waals surface area contributed by atoms with Crippen LogP contribution in [0.15, 0.2) is 73.1 Å². The van der Waals surface area contributed by atoms with E-state index in [9.17, 15) is 9.60 Å². The molecular weight excluding hydrogens is 395 g/mol. The molecule has 152 valence electrons. The number of aromatic nitrogens is 5. The molecule has 8 heteroatoms. The molecule has 0 radical (unpaired) electrons. The van der Waals surface area contributed by atoms with Crippen LogP contribution in [-0.4, -0.2) is 24.7 Å². The lowest BCUT2D eigenvalue weighted by Gasteiger charge is -2.10. The van der Waals surface area contributed by atoms with E-state index in [1.807, 2.05) is 41.8 Å². The summed E-state index contributed by atoms with van der Waals surface area (Å²) in [7, 11) is 0. The minimum Gasteiger partial charge on any atom is -0.350 e. The molecule has 0 aliphatic heterocycles. The summed E-state index contributed by atoms with van der Waals surface area (Å²) in [6.45, 7) is 2.01. The summed E-state index contributed by atoms with van der Waals surface area (Å²) in [5.41, 5.74) is 11.0. The number of halogens is 1. The Morgan fingerprint density at radius 3 is 2.48 bits per heavy atom. The monoisotopic (exact) mass is 413 g/mol. The lowest BCUT2D eigenvalue weighted by atomic mass is 10.2. The van der Waals surface area contributed by atoms with E-state index in [4.69, 9.17) is 15.7 Å². The van der Waals surface area contributed by atoms with Crippen molar-refractivity contribution in [3.63, 3.8) is 0 Å². The number of pyridine rings is 3. The highest BCUT2D eigenvalue weighted by Crippen LogP contribution is 2.31. The maximum atomic E-state index is 13.3. The summed E-state index contributed by atoms with van der Waals surface area (Å²) in [5, 5.41) is 10.0. The summed E-state index contributed by atoms with van der Waals surface area (Å²) in [5.74, 6) is 0.289. The Balaban J connectivity index is 1.80. The van der Waals surface area contributed by atoms with Crippen molar-refractivity contribution in [2.24, 2.45) is 0 Å². The lowest BCUT2D eigenvalue weighted by Crippen LogP contribution is -2.33. The number of hydrogen-bond donors (Lipinski definition) is 2. The van der Waals surface area contributed by atoms with Crippen LogP contribution in [-0.2, 0) is 0 Å². The average molecular weight is 413 g/mol. The number of imidazole rings is 1. The standard InChI is InChI=1S/C23H17FN6O/c1-14-4-7-16(8-5-14)30-22(17-3-2-12-29(31)21(17)25)28-20-11-10-19(27-23(20)30)18-9-6-15(24)13-26-18/h2-13,25,31H,1H3/p+1. The van der Waals surface area contributed by atoms with E-state index in [-0.39, 0.29) is 5.82 Å². The van der Waals surface area contributed by atoms with Gasteiger partial charge in [-0.1, -0.05) is 22.4 Å². The summed E-state index contributed by atoms with van der Waals surface area (Å²) in [6.07, 6.45) is 2.61. The third-order valence-corrected chi connectivity index (χ3v) is 5.04. The molecule has 0 spiro atoms. The second-order valence-electron chi connectivity index (χ2n) is 7.16. The molecule has 31 heavy (non-hydrogen) atoms. The molecule has 5 rings (SSSR count). The van der Waals surface area contributed by atoms with E-state index in [0.29, 0.717) is 33.9 Å². The van der Waals surface area contributed by atoms with Gasteiger partial charge in [-0.3, -0.25) is 15.3 Å². The normalized spacial score (nSPS) is 11.2. The highest BCUT2D eigenvalue weighted by Gasteiger charge is 2.22. The van der Waals surface area contributed by atoms with Crippen molar-refractivity contribution in [1.29, 1.82) is 0 Å². The highest BCUT2D eigenvalue weighted by atomic mass is 19.1. The SMILES string of the molecule is Cc1ccc(-n2c(-c3ccc[n+](O)c3N)nc3ccc(-c4ccc(F)cn4)nc32)cc1. The predicted octanol–water partition coefficient (Wildman–Crippen LogP) is 3.70. The number of hydrogen-bond acceptors (Lipinski definition) is 5. The third kappa shape index (κ3) is 3.24. The van der Waals surface area contributed by atoms with Crippen LogP contribution in [0.3, 0.4) is 0 Å². The van der Waals surface area contributed by atoms with Crippen LogP contribution in [0, 0.1) is 12.7 Å². The van der Waals surface area contributed by atoms with E-state index in [0.717, 1.165) is 22.2 Å². The van der Waals surface area contributed by atoms with Crippen LogP contribution in [0.1, 0.15) is 5.56 Å². The molecule has 5 aromatic rings. The minimum absolute atomic E-state index is 0.159. The van der Waals surface area contributed by atoms with Gasteiger partial charge >= 0.3 is 5.82 Å². The summed E-state index contributed by atoms with van der Waals surface area (Å²) in [6, 6.07) is 18.0. The van der Waals surface area contributed by atoms with Crippen LogP contribution in [0.25, 0.3) is 39.6 Å². The molecule has 0 amide bonds. The zero-order valence-electron chi connectivity index (χ0n) is 16.6. The van der Waals surface area contributed by atoms with Crippen molar-refractivity contribution < 1.29 is 14.3 Å². The number of nitrogens with zero attached hydrogens (tertiary/aromatic N) is 5. The Morgan fingerprint density at radius 2 is 1.74 bits per heavy atom. The molecule has 0 unspecified atom stereocenters. The summed E-state index contributed by atoms with van der Waals surface area (Å²) >= 11 is 0. The van der Waals surface area contributed by atoms with Crippen molar-refractivity contribution in [2.75, 3.05) is 5.73 Å². The molecule has 0 aliphatic carbocycles. The van der Waals surface area contributed by atoms with E-state index in [1.165, 1.54) is 12.3 Å². The molecule has 1 aromatic carbocycles. The van der Waals surface area contributed by atoms with Gasteiger partial charge in [-0.15, -0.1) is 0 Å². The Morgan fingerprint density at radius 1 is 0.968 bits per heavy atom. The van der Waals surface area contributed by atoms with E-state index in [2.05, 4.69) is 4.98 Å². The predicted molar refractivity (Wildman–Crippen MR) is 114 cm³/mol. The smallest absolute Gasteiger partial charge is 0.322 e. The zero-order valence-corrected chi connectivity index (χ0v) is 16.6. The second kappa shape index (κ2) is 7.17. The largest absolute Gasteiger partial charge is 0.350 e. The zero-order chi connectivity index (χ0) is 21.5. The average Bonchev–Trinajstić information content (AvgIpc) is 3.15. The number of anilines is 1. The second-order valence-corrected chi connectivity index (χ2v) is 7.16. The Kier molecular flexibility index (Phi) is 4.32. The number of aryl methyl sites for hydroxylation is 1. The van der Waals surface area contributed by atoms with Gasteiger partial charge in [0.15, 0.2) is 11.5 Å². The van der Waals surface area contributed by atoms with Gasteiger partial charge in [-0.25, -0.2) is 14.4 Å². The van der Waals surface area contributed by atoms with Gasteiger partial charge in [0.1, 0.15) is 23.1 Å². The first kappa shape index (κ1) is 18.7. The molecule has 7 nitrogen and oxygen atoms in total. The van der Waals surface area contributed by atoms with Crippen LogP contribution in [0.4, 0.5) is 10.2 Å². The first-order valence-corrected chi connectivity index (χ1v) is 9.59. The number of nitrogens with two attached hydrogens (primary N) is 1. The first-order valence-electron chi connectivity index (χ1n) is 9.59. The fourth-order valence-corrected chi connectivity index (χ4v) is 3.45. The first-order chi connectivity index (χ1) is 15.0. The Labute approximate surface area is 176 Å². The van der Waals surface area contributed by atoms with E-state index in [1.54, 1.807) is 24.3 Å². The van der Waals surface area contributed by atoms with Crippen LogP contribution < -0.4 is 10.5 Å². The van der Waals surface area contributed by atoms with Gasteiger partial charge < -0.3 is 5.21 Å². The number of nitrogen functional groups attached to an aromatic ring is 1. The quantitative estimate of drug-likeness (QED) is 0.347. The van der Waals surface area contributed by atoms with E-state index >= 15 is 0 Å². The van der Waals surface area contributed by atoms with Crippen LogP contribution >= 0.6 is 0 Å². The molecule has 0 aliphatic rings. The van der Waals surface area contributed by atoms with Crippen molar-refractivity contribution in [1.82, 2.24) is 19.5 Å². The lowest BCUT2D eigenvalue weighted by molar-refractivity contribution is -0.893. The van der Waals surface area contributed by atoms with Gasteiger partial charge in [-0.05, 0) is 55.5 Å². The van der Waals surface area contributed by atoms with Gasteiger partial charge in [0, 0.05) is 5.69 Å². The van der Waals surface area contributed by atoms with Crippen LogP contribution in [0.5, 0.6) is 0 Å². The Bertz CT molecular complexity index is 1410. The fourth-order valence-electron chi connectivity index (χ4n) is 3.45. The van der Waals surface area contributed by atoms with Gasteiger partial charge in [0.05, 0.1) is 17.6 Å². The molecule has 0 atom stereocenters. The molecular formula is C23H18FN6O+. The molecule has 3 N–H and O–H groups in total. The highest BCUT2D eigenvalue weighted by molar-refractivity contribution is 5.83. The van der Waals surface area contributed by atoms with Gasteiger partial charge in [0.2, 0.25) is 0 Å². The maximum Gasteiger partial charge on any atom is 0.322 e. The third-order valence-electron chi connectivity index (χ3n) is 5.04. The van der Waals surface area contributed by atoms with Crippen molar-refractivity contribution >= 4 is 17.0 Å². The van der Waals surface area contributed by atoms with E-state index < -0.39 is 5.82 Å². The number of benzene rings is 1. The molecule has 4 heterocycles. The molecule has 0 saturated carbocycles. The molecule has 0 fully saturated rings. The van der Waals surface area contributed by atoms with Crippen molar-refractivity contribution in [3.8, 4) is 28.5 Å². The fraction of sp³-hybridized carbons (Fsp3) is 0.0435. The van der Waals surface area contributed by atoms with Crippen LogP contribution in [0.2, 0.25) is 0 Å². The Hall–Kier alpha value is -4.33. The maximum absolute atomic E-state index is 13.3. The summed E-state index contributed by atoms with van der Waals surface area (Å²) < 4.78 is 16.0.